The number of benzene rings is 1. The van der Waals surface area contributed by atoms with Crippen molar-refractivity contribution in [2.75, 3.05) is 6.54 Å². The maximum atomic E-state index is 12.1. The molecule has 0 heterocycles. The fraction of sp³-hybridized carbons (Fsp3) is 0.462. The van der Waals surface area contributed by atoms with Gasteiger partial charge in [0.2, 0.25) is 0 Å². The van der Waals surface area contributed by atoms with Crippen molar-refractivity contribution in [1.29, 1.82) is 0 Å². The Balaban J connectivity index is 3.00. The minimum atomic E-state index is -0.491. The lowest BCUT2D eigenvalue weighted by molar-refractivity contribution is -0.385. The normalized spacial score (nSPS) is 12.3. The van der Waals surface area contributed by atoms with E-state index < -0.39 is 4.92 Å². The van der Waals surface area contributed by atoms with Gasteiger partial charge >= 0.3 is 0 Å². The van der Waals surface area contributed by atoms with E-state index in [4.69, 9.17) is 5.73 Å². The Morgan fingerprint density at radius 1 is 1.47 bits per heavy atom. The third-order valence-electron chi connectivity index (χ3n) is 3.12. The highest BCUT2D eigenvalue weighted by Crippen LogP contribution is 2.21. The molecule has 6 nitrogen and oxygen atoms in total. The number of nitrogens with one attached hydrogen (secondary N) is 1. The molecular formula is C13H19N3O3. The second kappa shape index (κ2) is 6.29. The van der Waals surface area contributed by atoms with Crippen molar-refractivity contribution in [3.8, 4) is 0 Å². The smallest absolute Gasteiger partial charge is 0.273 e. The molecule has 0 fully saturated rings. The zero-order valence-electron chi connectivity index (χ0n) is 11.3. The van der Waals surface area contributed by atoms with E-state index in [0.29, 0.717) is 17.7 Å². The molecular weight excluding hydrogens is 246 g/mol. The zero-order chi connectivity index (χ0) is 14.6. The van der Waals surface area contributed by atoms with Crippen LogP contribution < -0.4 is 11.1 Å². The Morgan fingerprint density at radius 2 is 2.11 bits per heavy atom. The average Bonchev–Trinajstić information content (AvgIpc) is 2.35. The lowest BCUT2D eigenvalue weighted by atomic mass is 10.0. The van der Waals surface area contributed by atoms with Crippen LogP contribution in [-0.4, -0.2) is 23.4 Å². The van der Waals surface area contributed by atoms with Crippen LogP contribution in [0.2, 0.25) is 0 Å². The summed E-state index contributed by atoms with van der Waals surface area (Å²) in [5.41, 5.74) is 6.22. The molecule has 19 heavy (non-hydrogen) atoms. The van der Waals surface area contributed by atoms with Crippen molar-refractivity contribution in [2.45, 2.75) is 26.8 Å². The first-order valence-corrected chi connectivity index (χ1v) is 6.13. The highest BCUT2D eigenvalue weighted by Gasteiger charge is 2.20. The number of carbonyl (C=O) groups excluding carboxylic acids is 1. The van der Waals surface area contributed by atoms with Crippen LogP contribution in [0.5, 0.6) is 0 Å². The van der Waals surface area contributed by atoms with E-state index >= 15 is 0 Å². The van der Waals surface area contributed by atoms with Crippen molar-refractivity contribution in [3.63, 3.8) is 0 Å². The number of carbonyl (C=O) groups is 1. The predicted molar refractivity (Wildman–Crippen MR) is 73.0 cm³/mol. The molecule has 0 aliphatic rings. The van der Waals surface area contributed by atoms with Crippen LogP contribution in [-0.2, 0) is 0 Å². The highest BCUT2D eigenvalue weighted by molar-refractivity contribution is 5.96. The summed E-state index contributed by atoms with van der Waals surface area (Å²) in [6.07, 6.45) is 0. The van der Waals surface area contributed by atoms with Crippen LogP contribution in [0.1, 0.15) is 29.8 Å². The second-order valence-electron chi connectivity index (χ2n) is 4.77. The number of nitrogens with two attached hydrogens (primary N) is 1. The van der Waals surface area contributed by atoms with Gasteiger partial charge in [-0.25, -0.2) is 0 Å². The third kappa shape index (κ3) is 3.51. The molecule has 0 aromatic heterocycles. The Morgan fingerprint density at radius 3 is 2.58 bits per heavy atom. The van der Waals surface area contributed by atoms with E-state index in [1.165, 1.54) is 12.1 Å². The molecule has 0 bridgehead atoms. The number of nitro groups is 1. The van der Waals surface area contributed by atoms with Crippen LogP contribution >= 0.6 is 0 Å². The molecule has 1 atom stereocenters. The van der Waals surface area contributed by atoms with Crippen molar-refractivity contribution < 1.29 is 9.72 Å². The van der Waals surface area contributed by atoms with Crippen LogP contribution in [0.3, 0.4) is 0 Å². The van der Waals surface area contributed by atoms with Gasteiger partial charge in [0.25, 0.3) is 11.6 Å². The summed E-state index contributed by atoms with van der Waals surface area (Å²) in [7, 11) is 0. The Labute approximate surface area is 112 Å². The molecule has 1 rings (SSSR count). The molecule has 3 N–H and O–H groups in total. The fourth-order valence-corrected chi connectivity index (χ4v) is 1.81. The number of hydrogen-bond acceptors (Lipinski definition) is 4. The lowest BCUT2D eigenvalue weighted by Gasteiger charge is -2.20. The minimum absolute atomic E-state index is 0.0542. The largest absolute Gasteiger partial charge is 0.348 e. The van der Waals surface area contributed by atoms with Crippen molar-refractivity contribution >= 4 is 11.6 Å². The molecule has 104 valence electrons. The zero-order valence-corrected chi connectivity index (χ0v) is 11.3. The molecule has 0 aliphatic heterocycles. The van der Waals surface area contributed by atoms with E-state index in [9.17, 15) is 14.9 Å². The second-order valence-corrected chi connectivity index (χ2v) is 4.77. The van der Waals surface area contributed by atoms with Gasteiger partial charge in [-0.05, 0) is 18.9 Å². The molecule has 0 saturated carbocycles. The summed E-state index contributed by atoms with van der Waals surface area (Å²) < 4.78 is 0. The molecule has 0 spiro atoms. The summed E-state index contributed by atoms with van der Waals surface area (Å²) in [4.78, 5) is 22.5. The minimum Gasteiger partial charge on any atom is -0.348 e. The third-order valence-corrected chi connectivity index (χ3v) is 3.12. The average molecular weight is 265 g/mol. The topological polar surface area (TPSA) is 98.3 Å². The quantitative estimate of drug-likeness (QED) is 0.624. The summed E-state index contributed by atoms with van der Waals surface area (Å²) in [5.74, 6) is -0.127. The van der Waals surface area contributed by atoms with Gasteiger partial charge in [0, 0.05) is 29.8 Å². The van der Waals surface area contributed by atoms with Gasteiger partial charge in [-0.3, -0.25) is 14.9 Å². The van der Waals surface area contributed by atoms with Crippen molar-refractivity contribution in [1.82, 2.24) is 5.32 Å². The summed E-state index contributed by atoms with van der Waals surface area (Å²) in [6, 6.07) is 4.32. The summed E-state index contributed by atoms with van der Waals surface area (Å²) >= 11 is 0. The molecule has 0 radical (unpaired) electrons. The van der Waals surface area contributed by atoms with E-state index in [1.54, 1.807) is 13.0 Å². The molecule has 1 amide bonds. The van der Waals surface area contributed by atoms with Crippen LogP contribution in [0, 0.1) is 23.0 Å². The van der Waals surface area contributed by atoms with Gasteiger partial charge in [0.15, 0.2) is 0 Å². The van der Waals surface area contributed by atoms with Crippen LogP contribution in [0.15, 0.2) is 18.2 Å². The first kappa shape index (κ1) is 15.1. The van der Waals surface area contributed by atoms with Gasteiger partial charge in [-0.1, -0.05) is 19.9 Å². The van der Waals surface area contributed by atoms with Crippen LogP contribution in [0.25, 0.3) is 0 Å². The van der Waals surface area contributed by atoms with Crippen LogP contribution in [0.4, 0.5) is 5.69 Å². The monoisotopic (exact) mass is 265 g/mol. The van der Waals surface area contributed by atoms with Crippen molar-refractivity contribution in [2.24, 2.45) is 11.7 Å². The van der Waals surface area contributed by atoms with Gasteiger partial charge in [-0.2, -0.15) is 0 Å². The Bertz CT molecular complexity index is 486. The first-order valence-electron chi connectivity index (χ1n) is 6.13. The summed E-state index contributed by atoms with van der Waals surface area (Å²) in [6.45, 7) is 5.81. The van der Waals surface area contributed by atoms with Gasteiger partial charge in [-0.15, -0.1) is 0 Å². The molecule has 1 aromatic carbocycles. The maximum Gasteiger partial charge on any atom is 0.273 e. The van der Waals surface area contributed by atoms with Gasteiger partial charge < -0.3 is 11.1 Å². The number of amides is 1. The lowest BCUT2D eigenvalue weighted by Crippen LogP contribution is -2.43. The molecule has 0 saturated heterocycles. The fourth-order valence-electron chi connectivity index (χ4n) is 1.81. The number of nitro benzene ring substituents is 1. The standard InChI is InChI=1S/C13H19N3O3/c1-8(2)11(7-14)15-13(17)10-5-4-6-12(9(10)3)16(18)19/h4-6,8,11H,7,14H2,1-3H3,(H,15,17). The number of hydrogen-bond donors (Lipinski definition) is 2. The van der Waals surface area contributed by atoms with E-state index in [-0.39, 0.29) is 23.6 Å². The Kier molecular flexibility index (Phi) is 5.00. The summed E-state index contributed by atoms with van der Waals surface area (Å²) in [5, 5.41) is 13.6. The molecule has 0 aliphatic carbocycles. The SMILES string of the molecule is Cc1c(C(=O)NC(CN)C(C)C)cccc1[N+](=O)[O-]. The Hall–Kier alpha value is -1.95. The number of rotatable bonds is 5. The number of nitrogens with zero attached hydrogens (tertiary/aromatic N) is 1. The van der Waals surface area contributed by atoms with E-state index in [0.717, 1.165) is 0 Å². The van der Waals surface area contributed by atoms with Crippen molar-refractivity contribution in [3.05, 3.63) is 39.4 Å². The highest BCUT2D eigenvalue weighted by atomic mass is 16.6. The van der Waals surface area contributed by atoms with E-state index in [1.807, 2.05) is 13.8 Å². The van der Waals surface area contributed by atoms with Gasteiger partial charge in [0.05, 0.1) is 4.92 Å². The maximum absolute atomic E-state index is 12.1. The predicted octanol–water partition coefficient (Wildman–Crippen LogP) is 1.62. The van der Waals surface area contributed by atoms with Gasteiger partial charge in [0.1, 0.15) is 0 Å². The molecule has 1 aromatic rings. The van der Waals surface area contributed by atoms with E-state index in [2.05, 4.69) is 5.32 Å². The first-order chi connectivity index (χ1) is 8.88. The molecule has 1 unspecified atom stereocenters. The molecule has 6 heteroatoms.